The molecule has 0 aliphatic carbocycles. The van der Waals surface area contributed by atoms with Gasteiger partial charge in [0.1, 0.15) is 11.9 Å². The first-order valence-electron chi connectivity index (χ1n) is 8.72. The molecule has 0 spiro atoms. The van der Waals surface area contributed by atoms with Gasteiger partial charge in [-0.3, -0.25) is 9.89 Å². The summed E-state index contributed by atoms with van der Waals surface area (Å²) in [6.45, 7) is 3.27. The summed E-state index contributed by atoms with van der Waals surface area (Å²) in [5.74, 6) is 0.598. The molecule has 140 valence electrons. The third kappa shape index (κ3) is 3.43. The van der Waals surface area contributed by atoms with Crippen molar-refractivity contribution in [2.75, 3.05) is 7.11 Å². The molecular weight excluding hydrogens is 346 g/mol. The van der Waals surface area contributed by atoms with Gasteiger partial charge in [-0.2, -0.15) is 5.10 Å². The van der Waals surface area contributed by atoms with Gasteiger partial charge in [-0.1, -0.05) is 12.1 Å². The Labute approximate surface area is 156 Å². The maximum Gasteiger partial charge on any atom is 0.272 e. The van der Waals surface area contributed by atoms with Crippen molar-refractivity contribution in [1.29, 1.82) is 0 Å². The topological polar surface area (TPSA) is 94.1 Å². The summed E-state index contributed by atoms with van der Waals surface area (Å²) >= 11 is 0. The van der Waals surface area contributed by atoms with E-state index in [1.54, 1.807) is 19.6 Å². The molecule has 8 heteroatoms. The summed E-state index contributed by atoms with van der Waals surface area (Å²) in [5.41, 5.74) is 4.15. The Morgan fingerprint density at radius 3 is 2.93 bits per heavy atom. The second kappa shape index (κ2) is 7.24. The van der Waals surface area contributed by atoms with Crippen molar-refractivity contribution in [2.24, 2.45) is 0 Å². The summed E-state index contributed by atoms with van der Waals surface area (Å²) in [5, 5.41) is 9.70. The Balaban J connectivity index is 1.44. The van der Waals surface area contributed by atoms with Crippen LogP contribution in [0.2, 0.25) is 0 Å². The predicted molar refractivity (Wildman–Crippen MR) is 97.2 cm³/mol. The normalized spacial score (nSPS) is 16.0. The Morgan fingerprint density at radius 1 is 1.41 bits per heavy atom. The lowest BCUT2D eigenvalue weighted by Crippen LogP contribution is -2.27. The molecule has 1 amide bonds. The molecule has 3 aromatic rings. The standard InChI is InChI=1S/C19H21N5O3/c1-12-14(8-22-23-12)7-20-19(25)18-16-10-27-17(9-24(16)11-21-18)13-3-5-15(26-2)6-4-13/h3-6,8,11,17H,7,9-10H2,1-2H3,(H,20,25)(H,22,23)/t17-/m0/s1. The van der Waals surface area contributed by atoms with Crippen molar-refractivity contribution >= 4 is 5.91 Å². The average molecular weight is 367 g/mol. The smallest absolute Gasteiger partial charge is 0.272 e. The van der Waals surface area contributed by atoms with E-state index in [0.29, 0.717) is 25.4 Å². The second-order valence-corrected chi connectivity index (χ2v) is 6.47. The molecule has 4 rings (SSSR count). The number of hydrogen-bond acceptors (Lipinski definition) is 5. The highest BCUT2D eigenvalue weighted by molar-refractivity contribution is 5.93. The van der Waals surface area contributed by atoms with Crippen LogP contribution in [0.3, 0.4) is 0 Å². The average Bonchev–Trinajstić information content (AvgIpc) is 3.31. The number of H-pyrrole nitrogens is 1. The second-order valence-electron chi connectivity index (χ2n) is 6.47. The number of hydrogen-bond donors (Lipinski definition) is 2. The van der Waals surface area contributed by atoms with Crippen molar-refractivity contribution in [3.63, 3.8) is 0 Å². The number of nitrogens with one attached hydrogen (secondary N) is 2. The zero-order chi connectivity index (χ0) is 18.8. The number of benzene rings is 1. The molecule has 0 unspecified atom stereocenters. The quantitative estimate of drug-likeness (QED) is 0.720. The fourth-order valence-electron chi connectivity index (χ4n) is 3.15. The van der Waals surface area contributed by atoms with E-state index in [2.05, 4.69) is 20.5 Å². The van der Waals surface area contributed by atoms with Crippen LogP contribution in [0.25, 0.3) is 0 Å². The lowest BCUT2D eigenvalue weighted by atomic mass is 10.1. The number of fused-ring (bicyclic) bond motifs is 1. The van der Waals surface area contributed by atoms with Crippen LogP contribution in [-0.4, -0.2) is 32.8 Å². The number of aromatic nitrogens is 4. The Bertz CT molecular complexity index is 945. The summed E-state index contributed by atoms with van der Waals surface area (Å²) in [4.78, 5) is 16.8. The number of ether oxygens (including phenoxy) is 2. The first-order valence-corrected chi connectivity index (χ1v) is 8.72. The maximum absolute atomic E-state index is 12.5. The van der Waals surface area contributed by atoms with Crippen molar-refractivity contribution in [3.05, 3.63) is 65.0 Å². The molecular formula is C19H21N5O3. The molecule has 8 nitrogen and oxygen atoms in total. The molecule has 2 aromatic heterocycles. The van der Waals surface area contributed by atoms with Gasteiger partial charge in [0, 0.05) is 17.8 Å². The number of aryl methyl sites for hydroxylation is 1. The lowest BCUT2D eigenvalue weighted by molar-refractivity contribution is 0.00255. The van der Waals surface area contributed by atoms with Crippen LogP contribution in [0, 0.1) is 6.92 Å². The number of carbonyl (C=O) groups is 1. The van der Waals surface area contributed by atoms with Gasteiger partial charge in [0.25, 0.3) is 5.91 Å². The Kier molecular flexibility index (Phi) is 4.64. The third-order valence-corrected chi connectivity index (χ3v) is 4.81. The van der Waals surface area contributed by atoms with Crippen molar-refractivity contribution < 1.29 is 14.3 Å². The first-order chi connectivity index (χ1) is 13.2. The summed E-state index contributed by atoms with van der Waals surface area (Å²) < 4.78 is 13.2. The van der Waals surface area contributed by atoms with Gasteiger partial charge in [-0.05, 0) is 24.6 Å². The molecule has 3 heterocycles. The van der Waals surface area contributed by atoms with E-state index in [1.165, 1.54) is 0 Å². The molecule has 0 saturated carbocycles. The van der Waals surface area contributed by atoms with E-state index in [9.17, 15) is 4.79 Å². The molecule has 1 aromatic carbocycles. The molecule has 0 fully saturated rings. The zero-order valence-corrected chi connectivity index (χ0v) is 15.2. The fourth-order valence-corrected chi connectivity index (χ4v) is 3.15. The summed E-state index contributed by atoms with van der Waals surface area (Å²) in [6.07, 6.45) is 3.33. The number of rotatable bonds is 5. The number of carbonyl (C=O) groups excluding carboxylic acids is 1. The van der Waals surface area contributed by atoms with E-state index in [-0.39, 0.29) is 12.0 Å². The van der Waals surface area contributed by atoms with Gasteiger partial charge in [0.05, 0.1) is 38.5 Å². The number of aromatic amines is 1. The van der Waals surface area contributed by atoms with Crippen LogP contribution in [0.15, 0.2) is 36.8 Å². The van der Waals surface area contributed by atoms with Crippen LogP contribution in [-0.2, 0) is 24.4 Å². The highest BCUT2D eigenvalue weighted by Crippen LogP contribution is 2.28. The van der Waals surface area contributed by atoms with Gasteiger partial charge in [0.2, 0.25) is 0 Å². The van der Waals surface area contributed by atoms with Crippen molar-refractivity contribution in [1.82, 2.24) is 25.1 Å². The summed E-state index contributed by atoms with van der Waals surface area (Å²) in [7, 11) is 1.64. The molecule has 2 N–H and O–H groups in total. The molecule has 1 aliphatic heterocycles. The SMILES string of the molecule is COc1ccc([C@@H]2Cn3cnc(C(=O)NCc4cn[nH]c4C)c3CO2)cc1. The molecule has 1 aliphatic rings. The van der Waals surface area contributed by atoms with Gasteiger partial charge in [-0.25, -0.2) is 4.98 Å². The predicted octanol–water partition coefficient (Wildman–Crippen LogP) is 2.12. The number of methoxy groups -OCH3 is 1. The monoisotopic (exact) mass is 367 g/mol. The lowest BCUT2D eigenvalue weighted by Gasteiger charge is -2.25. The van der Waals surface area contributed by atoms with Crippen LogP contribution in [0.4, 0.5) is 0 Å². The van der Waals surface area contributed by atoms with Gasteiger partial charge < -0.3 is 19.4 Å². The highest BCUT2D eigenvalue weighted by Gasteiger charge is 2.26. The maximum atomic E-state index is 12.5. The van der Waals surface area contributed by atoms with Crippen molar-refractivity contribution in [3.8, 4) is 5.75 Å². The van der Waals surface area contributed by atoms with E-state index < -0.39 is 0 Å². The van der Waals surface area contributed by atoms with Crippen LogP contribution < -0.4 is 10.1 Å². The minimum atomic E-state index is -0.212. The Hall–Kier alpha value is -3.13. The summed E-state index contributed by atoms with van der Waals surface area (Å²) in [6, 6.07) is 7.82. The molecule has 27 heavy (non-hydrogen) atoms. The minimum Gasteiger partial charge on any atom is -0.497 e. The number of imidazole rings is 1. The van der Waals surface area contributed by atoms with Crippen LogP contribution in [0.5, 0.6) is 5.75 Å². The van der Waals surface area contributed by atoms with Crippen LogP contribution >= 0.6 is 0 Å². The van der Waals surface area contributed by atoms with Gasteiger partial charge >= 0.3 is 0 Å². The molecule has 1 atom stereocenters. The zero-order valence-electron chi connectivity index (χ0n) is 15.2. The van der Waals surface area contributed by atoms with Gasteiger partial charge in [0.15, 0.2) is 5.69 Å². The highest BCUT2D eigenvalue weighted by atomic mass is 16.5. The molecule has 0 saturated heterocycles. The molecule has 0 radical (unpaired) electrons. The van der Waals surface area contributed by atoms with E-state index in [1.807, 2.05) is 35.8 Å². The Morgan fingerprint density at radius 2 is 2.22 bits per heavy atom. The van der Waals surface area contributed by atoms with Gasteiger partial charge in [-0.15, -0.1) is 0 Å². The van der Waals surface area contributed by atoms with E-state index in [0.717, 1.165) is 28.3 Å². The van der Waals surface area contributed by atoms with E-state index >= 15 is 0 Å². The molecule has 0 bridgehead atoms. The van der Waals surface area contributed by atoms with E-state index in [4.69, 9.17) is 9.47 Å². The third-order valence-electron chi connectivity index (χ3n) is 4.81. The number of amides is 1. The largest absolute Gasteiger partial charge is 0.497 e. The number of nitrogens with zero attached hydrogens (tertiary/aromatic N) is 3. The first kappa shape index (κ1) is 17.3. The fraction of sp³-hybridized carbons (Fsp3) is 0.316. The van der Waals surface area contributed by atoms with Crippen LogP contribution in [0.1, 0.15) is 39.1 Å². The van der Waals surface area contributed by atoms with Crippen molar-refractivity contribution in [2.45, 2.75) is 32.7 Å². The minimum absolute atomic E-state index is 0.0814.